The first-order valence-electron chi connectivity index (χ1n) is 8.44. The molecular weight excluding hydrogens is 342 g/mol. The van der Waals surface area contributed by atoms with Crippen LogP contribution in [0.4, 0.5) is 0 Å². The smallest absolute Gasteiger partial charge is 0.342 e. The first kappa shape index (κ1) is 15.4. The first-order chi connectivity index (χ1) is 13.1. The number of rotatable bonds is 2. The van der Waals surface area contributed by atoms with E-state index in [-0.39, 0.29) is 5.56 Å². The van der Waals surface area contributed by atoms with E-state index in [1.54, 1.807) is 24.3 Å². The number of aromatic carboxylic acids is 1. The van der Waals surface area contributed by atoms with Crippen molar-refractivity contribution in [3.8, 4) is 11.1 Å². The fourth-order valence-electron chi connectivity index (χ4n) is 3.65. The second kappa shape index (κ2) is 5.57. The molecule has 0 fully saturated rings. The minimum atomic E-state index is -1.29. The van der Waals surface area contributed by atoms with Crippen LogP contribution in [0.25, 0.3) is 44.0 Å². The third-order valence-corrected chi connectivity index (χ3v) is 4.80. The Morgan fingerprint density at radius 2 is 1.67 bits per heavy atom. The van der Waals surface area contributed by atoms with Gasteiger partial charge in [0.15, 0.2) is 5.58 Å². The molecule has 0 bridgehead atoms. The number of benzene rings is 3. The third kappa shape index (κ3) is 2.18. The Labute approximate surface area is 152 Å². The van der Waals surface area contributed by atoms with Crippen LogP contribution in [0.3, 0.4) is 0 Å². The van der Waals surface area contributed by atoms with E-state index in [0.717, 1.165) is 16.2 Å². The highest BCUT2D eigenvalue weighted by molar-refractivity contribution is 6.20. The van der Waals surface area contributed by atoms with Gasteiger partial charge in [0.2, 0.25) is 0 Å². The van der Waals surface area contributed by atoms with Gasteiger partial charge >= 0.3 is 5.97 Å². The van der Waals surface area contributed by atoms with Gasteiger partial charge in [0, 0.05) is 5.56 Å². The van der Waals surface area contributed by atoms with E-state index >= 15 is 0 Å². The predicted octanol–water partition coefficient (Wildman–Crippen LogP) is 4.79. The Kier molecular flexibility index (Phi) is 3.18. The summed E-state index contributed by atoms with van der Waals surface area (Å²) in [4.78, 5) is 27.2. The van der Waals surface area contributed by atoms with Crippen molar-refractivity contribution in [3.63, 3.8) is 0 Å². The van der Waals surface area contributed by atoms with Crippen LogP contribution in [0.2, 0.25) is 0 Å². The van der Waals surface area contributed by atoms with Gasteiger partial charge in [0.1, 0.15) is 11.1 Å². The van der Waals surface area contributed by atoms with Crippen LogP contribution in [0.1, 0.15) is 10.4 Å². The topological polar surface area (TPSA) is 83.3 Å². The van der Waals surface area contributed by atoms with E-state index in [2.05, 4.69) is 4.98 Å². The van der Waals surface area contributed by atoms with E-state index in [9.17, 15) is 14.7 Å². The number of carbonyl (C=O) groups is 1. The minimum absolute atomic E-state index is 0.294. The van der Waals surface area contributed by atoms with Gasteiger partial charge < -0.3 is 14.5 Å². The first-order valence-corrected chi connectivity index (χ1v) is 8.44. The highest BCUT2D eigenvalue weighted by Gasteiger charge is 2.24. The molecule has 0 atom stereocenters. The Morgan fingerprint density at radius 1 is 0.926 bits per heavy atom. The normalized spacial score (nSPS) is 11.4. The monoisotopic (exact) mass is 355 g/mol. The van der Waals surface area contributed by atoms with Crippen molar-refractivity contribution < 1.29 is 14.3 Å². The van der Waals surface area contributed by atoms with Gasteiger partial charge in [0.05, 0.1) is 10.9 Å². The molecule has 0 saturated heterocycles. The summed E-state index contributed by atoms with van der Waals surface area (Å²) in [5, 5.41) is 12.4. The highest BCUT2D eigenvalue weighted by Crippen LogP contribution is 2.38. The molecule has 0 spiro atoms. The average molecular weight is 355 g/mol. The van der Waals surface area contributed by atoms with Crippen LogP contribution >= 0.6 is 0 Å². The summed E-state index contributed by atoms with van der Waals surface area (Å²) in [7, 11) is 0. The van der Waals surface area contributed by atoms with Crippen LogP contribution < -0.4 is 5.56 Å². The molecule has 2 aromatic heterocycles. The second-order valence-corrected chi connectivity index (χ2v) is 6.34. The molecule has 5 aromatic rings. The molecule has 0 radical (unpaired) electrons. The van der Waals surface area contributed by atoms with E-state index in [4.69, 9.17) is 4.42 Å². The molecule has 0 aliphatic carbocycles. The SMILES string of the molecule is O=C(O)c1c(-c2ccccc2)c2oc3ccc4ccccc4c3c2[nH]c1=O. The van der Waals surface area contributed by atoms with Gasteiger partial charge in [-0.2, -0.15) is 0 Å². The molecular formula is C22H13NO4. The Hall–Kier alpha value is -3.86. The average Bonchev–Trinajstić information content (AvgIpc) is 3.06. The molecule has 3 aromatic carbocycles. The number of pyridine rings is 1. The number of hydrogen-bond acceptors (Lipinski definition) is 3. The van der Waals surface area contributed by atoms with Crippen molar-refractivity contribution in [2.45, 2.75) is 0 Å². The number of nitrogens with one attached hydrogen (secondary N) is 1. The minimum Gasteiger partial charge on any atom is -0.477 e. The zero-order valence-corrected chi connectivity index (χ0v) is 14.0. The van der Waals surface area contributed by atoms with Gasteiger partial charge in [-0.05, 0) is 22.4 Å². The maximum absolute atomic E-state index is 12.7. The van der Waals surface area contributed by atoms with E-state index in [1.165, 1.54) is 0 Å². The van der Waals surface area contributed by atoms with Crippen LogP contribution in [0.15, 0.2) is 75.9 Å². The summed E-state index contributed by atoms with van der Waals surface area (Å²) in [6.45, 7) is 0. The molecule has 5 nitrogen and oxygen atoms in total. The summed E-state index contributed by atoms with van der Waals surface area (Å²) in [6, 6.07) is 20.5. The number of carboxylic acid groups (broad SMARTS) is 1. The summed E-state index contributed by atoms with van der Waals surface area (Å²) < 4.78 is 6.06. The van der Waals surface area contributed by atoms with Gasteiger partial charge in [0.25, 0.3) is 5.56 Å². The molecule has 27 heavy (non-hydrogen) atoms. The Morgan fingerprint density at radius 3 is 2.44 bits per heavy atom. The number of aromatic nitrogens is 1. The van der Waals surface area contributed by atoms with Gasteiger partial charge in [-0.15, -0.1) is 0 Å². The van der Waals surface area contributed by atoms with E-state index < -0.39 is 11.5 Å². The predicted molar refractivity (Wildman–Crippen MR) is 104 cm³/mol. The largest absolute Gasteiger partial charge is 0.477 e. The second-order valence-electron chi connectivity index (χ2n) is 6.34. The molecule has 130 valence electrons. The van der Waals surface area contributed by atoms with E-state index in [1.807, 2.05) is 42.5 Å². The summed E-state index contributed by atoms with van der Waals surface area (Å²) in [5.74, 6) is -1.29. The zero-order chi connectivity index (χ0) is 18.5. The summed E-state index contributed by atoms with van der Waals surface area (Å²) in [5.41, 5.74) is 1.41. The number of fused-ring (bicyclic) bond motifs is 5. The lowest BCUT2D eigenvalue weighted by atomic mass is 9.99. The highest BCUT2D eigenvalue weighted by atomic mass is 16.4. The number of carboxylic acids is 1. The van der Waals surface area contributed by atoms with Gasteiger partial charge in [-0.3, -0.25) is 4.79 Å². The number of H-pyrrole nitrogens is 1. The number of furan rings is 1. The van der Waals surface area contributed by atoms with Crippen LogP contribution in [0, 0.1) is 0 Å². The Balaban J connectivity index is 2.06. The quantitative estimate of drug-likeness (QED) is 0.477. The zero-order valence-electron chi connectivity index (χ0n) is 14.0. The molecule has 5 rings (SSSR count). The number of hydrogen-bond donors (Lipinski definition) is 2. The van der Waals surface area contributed by atoms with Crippen LogP contribution in [-0.2, 0) is 0 Å². The van der Waals surface area contributed by atoms with Crippen molar-refractivity contribution in [3.05, 3.63) is 82.6 Å². The number of aromatic amines is 1. The van der Waals surface area contributed by atoms with Crippen molar-refractivity contribution in [2.24, 2.45) is 0 Å². The fraction of sp³-hybridized carbons (Fsp3) is 0. The van der Waals surface area contributed by atoms with Crippen LogP contribution in [0.5, 0.6) is 0 Å². The standard InChI is InChI=1S/C22H13NO4/c24-21-18(22(25)26)16(13-7-2-1-3-8-13)20-19(23-21)17-14-9-5-4-6-12(14)10-11-15(17)27-20/h1-11H,(H,23,24)(H,25,26). The van der Waals surface area contributed by atoms with Gasteiger partial charge in [-0.1, -0.05) is 60.7 Å². The van der Waals surface area contributed by atoms with Crippen molar-refractivity contribution >= 4 is 38.8 Å². The van der Waals surface area contributed by atoms with Gasteiger partial charge in [-0.25, -0.2) is 4.79 Å². The van der Waals surface area contributed by atoms with Crippen molar-refractivity contribution in [1.29, 1.82) is 0 Å². The van der Waals surface area contributed by atoms with Crippen LogP contribution in [-0.4, -0.2) is 16.1 Å². The fourth-order valence-corrected chi connectivity index (χ4v) is 3.65. The Bertz CT molecular complexity index is 1410. The molecule has 5 heteroatoms. The molecule has 0 unspecified atom stereocenters. The molecule has 0 amide bonds. The van der Waals surface area contributed by atoms with Crippen molar-refractivity contribution in [1.82, 2.24) is 4.98 Å². The molecule has 2 heterocycles. The molecule has 0 aliphatic rings. The van der Waals surface area contributed by atoms with E-state index in [0.29, 0.717) is 27.8 Å². The third-order valence-electron chi connectivity index (χ3n) is 4.80. The molecule has 2 N–H and O–H groups in total. The maximum atomic E-state index is 12.7. The lowest BCUT2D eigenvalue weighted by Crippen LogP contribution is -2.19. The van der Waals surface area contributed by atoms with Crippen molar-refractivity contribution in [2.75, 3.05) is 0 Å². The summed E-state index contributed by atoms with van der Waals surface area (Å²) >= 11 is 0. The maximum Gasteiger partial charge on any atom is 0.342 e. The lowest BCUT2D eigenvalue weighted by molar-refractivity contribution is 0.0696. The summed E-state index contributed by atoms with van der Waals surface area (Å²) in [6.07, 6.45) is 0. The lowest BCUT2D eigenvalue weighted by Gasteiger charge is -2.06. The molecule has 0 saturated carbocycles. The molecule has 0 aliphatic heterocycles.